The van der Waals surface area contributed by atoms with Crippen LogP contribution in [-0.2, 0) is 11.2 Å². The van der Waals surface area contributed by atoms with Crippen LogP contribution in [0.5, 0.6) is 0 Å². The minimum absolute atomic E-state index is 0.167. The molecule has 21 heavy (non-hydrogen) atoms. The Morgan fingerprint density at radius 2 is 1.81 bits per heavy atom. The van der Waals surface area contributed by atoms with E-state index in [1.807, 2.05) is 0 Å². The molecule has 5 nitrogen and oxygen atoms in total. The van der Waals surface area contributed by atoms with E-state index in [4.69, 9.17) is 10.2 Å². The first-order chi connectivity index (χ1) is 9.95. The maximum absolute atomic E-state index is 12.8. The topological polar surface area (TPSA) is 90.4 Å². The van der Waals surface area contributed by atoms with E-state index in [0.717, 1.165) is 11.1 Å². The maximum Gasteiger partial charge on any atom is 0.371 e. The molecular weight excluding hydrogens is 277 g/mol. The molecule has 0 fully saturated rings. The molecule has 1 aromatic carbocycles. The molecule has 1 aromatic heterocycles. The van der Waals surface area contributed by atoms with Crippen LogP contribution in [0.4, 0.5) is 4.39 Å². The zero-order valence-electron chi connectivity index (χ0n) is 10.8. The second-order valence-electron chi connectivity index (χ2n) is 4.42. The van der Waals surface area contributed by atoms with Gasteiger partial charge in [0.1, 0.15) is 5.82 Å². The van der Waals surface area contributed by atoms with Crippen molar-refractivity contribution in [1.29, 1.82) is 0 Å². The van der Waals surface area contributed by atoms with Crippen molar-refractivity contribution in [3.05, 3.63) is 71.0 Å². The van der Waals surface area contributed by atoms with E-state index in [1.54, 1.807) is 24.4 Å². The zero-order valence-corrected chi connectivity index (χ0v) is 10.8. The number of halogens is 1. The van der Waals surface area contributed by atoms with Crippen molar-refractivity contribution in [2.45, 2.75) is 6.42 Å². The molecule has 0 bridgehead atoms. The van der Waals surface area contributed by atoms with Crippen LogP contribution in [0, 0.1) is 5.82 Å². The number of allylic oxidation sites excluding steroid dienone is 1. The molecule has 0 radical (unpaired) electrons. The van der Waals surface area contributed by atoms with Crippen LogP contribution in [0.2, 0.25) is 0 Å². The fourth-order valence-electron chi connectivity index (χ4n) is 1.79. The average Bonchev–Trinajstić information content (AvgIpc) is 2.90. The molecule has 2 aromatic rings. The Morgan fingerprint density at radius 3 is 2.43 bits per heavy atom. The van der Waals surface area contributed by atoms with Gasteiger partial charge < -0.3 is 15.2 Å². The Balaban J connectivity index is 2.11. The normalized spacial score (nSPS) is 11.4. The van der Waals surface area contributed by atoms with E-state index in [0.29, 0.717) is 12.5 Å². The number of hydrogen-bond acceptors (Lipinski definition) is 3. The number of H-pyrrole nitrogens is 1. The second-order valence-corrected chi connectivity index (χ2v) is 4.42. The second kappa shape index (κ2) is 6.04. The summed E-state index contributed by atoms with van der Waals surface area (Å²) in [6, 6.07) is 7.53. The molecule has 3 N–H and O–H groups in total. The van der Waals surface area contributed by atoms with Crippen molar-refractivity contribution in [2.24, 2.45) is 0 Å². The van der Waals surface area contributed by atoms with Gasteiger partial charge in [0.15, 0.2) is 0 Å². The summed E-state index contributed by atoms with van der Waals surface area (Å²) in [7, 11) is 0. The summed E-state index contributed by atoms with van der Waals surface area (Å²) >= 11 is 0. The number of carboxylic acids is 1. The van der Waals surface area contributed by atoms with Crippen LogP contribution in [-0.4, -0.2) is 26.9 Å². The first-order valence-electron chi connectivity index (χ1n) is 6.05. The van der Waals surface area contributed by atoms with Gasteiger partial charge in [-0.25, -0.2) is 9.18 Å². The molecule has 0 aliphatic carbocycles. The van der Waals surface area contributed by atoms with Crippen LogP contribution in [0.25, 0.3) is 0 Å². The van der Waals surface area contributed by atoms with E-state index in [9.17, 15) is 14.0 Å². The summed E-state index contributed by atoms with van der Waals surface area (Å²) in [6.07, 6.45) is 2.73. The van der Waals surface area contributed by atoms with Crippen molar-refractivity contribution in [1.82, 2.24) is 4.98 Å². The molecule has 0 aliphatic rings. The Hall–Kier alpha value is -2.89. The number of benzene rings is 1. The third-order valence-electron chi connectivity index (χ3n) is 2.82. The minimum Gasteiger partial charge on any atom is -0.502 e. The number of rotatable bonds is 5. The van der Waals surface area contributed by atoms with Crippen molar-refractivity contribution in [3.63, 3.8) is 0 Å². The Kier molecular flexibility index (Phi) is 4.18. The molecule has 0 amide bonds. The van der Waals surface area contributed by atoms with Crippen LogP contribution in [0.15, 0.2) is 48.4 Å². The number of carboxylic acid groups (broad SMARTS) is 1. The largest absolute Gasteiger partial charge is 0.502 e. The highest BCUT2D eigenvalue weighted by molar-refractivity contribution is 6.06. The Labute approximate surface area is 119 Å². The van der Waals surface area contributed by atoms with E-state index < -0.39 is 17.5 Å². The number of aromatic nitrogens is 1. The van der Waals surface area contributed by atoms with Crippen molar-refractivity contribution in [2.75, 3.05) is 0 Å². The van der Waals surface area contributed by atoms with Gasteiger partial charge in [0, 0.05) is 12.3 Å². The number of carbonyl (C=O) groups excluding carboxylic acids is 1. The third kappa shape index (κ3) is 3.79. The van der Waals surface area contributed by atoms with Gasteiger partial charge in [-0.15, -0.1) is 0 Å². The zero-order chi connectivity index (χ0) is 15.4. The molecule has 1 heterocycles. The standard InChI is InChI=1S/C15H12FNO4/c16-11-3-1-9(2-4-11)5-10-6-12(17-8-10)13(18)7-14(19)15(20)21/h1-4,6-8,17,19H,5H2,(H,20,21)/b14-7-. The number of aromatic amines is 1. The van der Waals surface area contributed by atoms with Gasteiger partial charge in [-0.2, -0.15) is 0 Å². The SMILES string of the molecule is O=C(O)/C(O)=C/C(=O)c1cc(Cc2ccc(F)cc2)c[nH]1. The first-order valence-corrected chi connectivity index (χ1v) is 6.05. The Morgan fingerprint density at radius 1 is 1.14 bits per heavy atom. The first kappa shape index (κ1) is 14.5. The quantitative estimate of drug-likeness (QED) is 0.448. The third-order valence-corrected chi connectivity index (χ3v) is 2.82. The molecule has 0 unspecified atom stereocenters. The predicted octanol–water partition coefficient (Wildman–Crippen LogP) is 2.45. The maximum atomic E-state index is 12.8. The highest BCUT2D eigenvalue weighted by Gasteiger charge is 2.11. The van der Waals surface area contributed by atoms with Crippen LogP contribution < -0.4 is 0 Å². The van der Waals surface area contributed by atoms with Gasteiger partial charge in [0.25, 0.3) is 0 Å². The lowest BCUT2D eigenvalue weighted by Crippen LogP contribution is -2.04. The number of carbonyl (C=O) groups is 2. The fraction of sp³-hybridized carbons (Fsp3) is 0.0667. The van der Waals surface area contributed by atoms with Gasteiger partial charge in [0.2, 0.25) is 11.5 Å². The van der Waals surface area contributed by atoms with Crippen molar-refractivity contribution < 1.29 is 24.2 Å². The molecule has 0 saturated carbocycles. The molecule has 108 valence electrons. The number of hydrogen-bond donors (Lipinski definition) is 3. The molecule has 6 heteroatoms. The molecule has 0 atom stereocenters. The number of aliphatic carboxylic acids is 1. The highest BCUT2D eigenvalue weighted by atomic mass is 19.1. The summed E-state index contributed by atoms with van der Waals surface area (Å²) in [5, 5.41) is 17.5. The summed E-state index contributed by atoms with van der Waals surface area (Å²) in [6.45, 7) is 0. The summed E-state index contributed by atoms with van der Waals surface area (Å²) < 4.78 is 12.8. The van der Waals surface area contributed by atoms with Gasteiger partial charge in [-0.1, -0.05) is 12.1 Å². The smallest absolute Gasteiger partial charge is 0.371 e. The fourth-order valence-corrected chi connectivity index (χ4v) is 1.79. The van der Waals surface area contributed by atoms with Gasteiger partial charge >= 0.3 is 5.97 Å². The van der Waals surface area contributed by atoms with E-state index >= 15 is 0 Å². The van der Waals surface area contributed by atoms with Crippen LogP contribution in [0.3, 0.4) is 0 Å². The molecule has 2 rings (SSSR count). The van der Waals surface area contributed by atoms with Gasteiger partial charge in [-0.3, -0.25) is 4.79 Å². The minimum atomic E-state index is -1.57. The predicted molar refractivity (Wildman–Crippen MR) is 72.7 cm³/mol. The monoisotopic (exact) mass is 289 g/mol. The summed E-state index contributed by atoms with van der Waals surface area (Å²) in [5.74, 6) is -3.55. The van der Waals surface area contributed by atoms with Gasteiger partial charge in [0.05, 0.1) is 5.69 Å². The highest BCUT2D eigenvalue weighted by Crippen LogP contribution is 2.12. The Bertz CT molecular complexity index is 701. The molecular formula is C15H12FNO4. The molecule has 0 spiro atoms. The molecule has 0 saturated heterocycles. The lowest BCUT2D eigenvalue weighted by molar-refractivity contribution is -0.135. The lowest BCUT2D eigenvalue weighted by Gasteiger charge is -1.98. The summed E-state index contributed by atoms with van der Waals surface area (Å²) in [4.78, 5) is 24.8. The number of ketones is 1. The van der Waals surface area contributed by atoms with Crippen molar-refractivity contribution in [3.8, 4) is 0 Å². The van der Waals surface area contributed by atoms with Crippen molar-refractivity contribution >= 4 is 11.8 Å². The van der Waals surface area contributed by atoms with Crippen LogP contribution >= 0.6 is 0 Å². The summed E-state index contributed by atoms with van der Waals surface area (Å²) in [5.41, 5.74) is 1.83. The molecule has 0 aliphatic heterocycles. The van der Waals surface area contributed by atoms with E-state index in [1.165, 1.54) is 12.1 Å². The number of nitrogens with one attached hydrogen (secondary N) is 1. The van der Waals surface area contributed by atoms with E-state index in [-0.39, 0.29) is 11.5 Å². The van der Waals surface area contributed by atoms with Gasteiger partial charge in [-0.05, 0) is 35.7 Å². The number of aliphatic hydroxyl groups is 1. The van der Waals surface area contributed by atoms with E-state index in [2.05, 4.69) is 4.98 Å². The number of aliphatic hydroxyl groups excluding tert-OH is 1. The van der Waals surface area contributed by atoms with Crippen LogP contribution in [0.1, 0.15) is 21.6 Å². The lowest BCUT2D eigenvalue weighted by atomic mass is 10.1. The average molecular weight is 289 g/mol.